The van der Waals surface area contributed by atoms with E-state index >= 15 is 0 Å². The lowest BCUT2D eigenvalue weighted by Gasteiger charge is -2.32. The van der Waals surface area contributed by atoms with E-state index in [0.717, 1.165) is 58.2 Å². The van der Waals surface area contributed by atoms with E-state index in [4.69, 9.17) is 0 Å². The Hall–Kier alpha value is -2.78. The van der Waals surface area contributed by atoms with Gasteiger partial charge in [-0.25, -0.2) is 4.98 Å². The van der Waals surface area contributed by atoms with Crippen molar-refractivity contribution in [3.05, 3.63) is 47.0 Å². The lowest BCUT2D eigenvalue weighted by atomic mass is 9.88. The third kappa shape index (κ3) is 9.42. The maximum Gasteiger partial charge on any atom is 0.245 e. The summed E-state index contributed by atoms with van der Waals surface area (Å²) in [7, 11) is 0. The Morgan fingerprint density at radius 2 is 1.74 bits per heavy atom. The summed E-state index contributed by atoms with van der Waals surface area (Å²) in [5, 5.41) is 8.28. The van der Waals surface area contributed by atoms with Crippen molar-refractivity contribution >= 4 is 34.2 Å². The third-order valence-electron chi connectivity index (χ3n) is 7.53. The molecule has 1 aliphatic carbocycles. The van der Waals surface area contributed by atoms with Crippen LogP contribution in [0.25, 0.3) is 0 Å². The molecule has 0 spiro atoms. The first kappa shape index (κ1) is 29.2. The van der Waals surface area contributed by atoms with Crippen LogP contribution in [-0.4, -0.2) is 64.7 Å². The number of amides is 3. The normalized spacial score (nSPS) is 17.2. The van der Waals surface area contributed by atoms with Gasteiger partial charge in [-0.3, -0.25) is 19.3 Å². The molecule has 212 valence electrons. The van der Waals surface area contributed by atoms with Gasteiger partial charge >= 0.3 is 0 Å². The average Bonchev–Trinajstić information content (AvgIpc) is 3.36. The van der Waals surface area contributed by atoms with Crippen molar-refractivity contribution in [3.63, 3.8) is 0 Å². The van der Waals surface area contributed by atoms with Gasteiger partial charge in [-0.1, -0.05) is 63.4 Å². The average molecular weight is 554 g/mol. The molecule has 0 bridgehead atoms. The molecule has 2 fully saturated rings. The number of carbonyl (C=O) groups is 3. The zero-order valence-corrected chi connectivity index (χ0v) is 24.2. The second-order valence-corrected chi connectivity index (χ2v) is 12.3. The fourth-order valence-electron chi connectivity index (χ4n) is 5.58. The SMILES string of the molecule is CC(C)CN(CC(=O)Nc1nc(CC(=O)NC2CCN(Cc3ccccc3)CC2)cs1)C(=O)C1CCCCC1. The van der Waals surface area contributed by atoms with Gasteiger partial charge in [-0.15, -0.1) is 11.3 Å². The van der Waals surface area contributed by atoms with Crippen molar-refractivity contribution in [1.29, 1.82) is 0 Å². The number of aromatic nitrogens is 1. The van der Waals surface area contributed by atoms with E-state index in [9.17, 15) is 14.4 Å². The van der Waals surface area contributed by atoms with Crippen molar-refractivity contribution in [2.45, 2.75) is 77.8 Å². The first-order valence-corrected chi connectivity index (χ1v) is 15.3. The smallest absolute Gasteiger partial charge is 0.245 e. The molecular formula is C30H43N5O3S. The molecule has 3 amide bonds. The molecule has 9 heteroatoms. The molecule has 1 aromatic carbocycles. The van der Waals surface area contributed by atoms with Crippen LogP contribution in [0, 0.1) is 11.8 Å². The molecule has 8 nitrogen and oxygen atoms in total. The summed E-state index contributed by atoms with van der Waals surface area (Å²) in [6.45, 7) is 7.59. The highest BCUT2D eigenvalue weighted by molar-refractivity contribution is 7.13. The van der Waals surface area contributed by atoms with Crippen LogP contribution in [0.1, 0.15) is 70.1 Å². The molecule has 1 saturated carbocycles. The fourth-order valence-corrected chi connectivity index (χ4v) is 6.31. The lowest BCUT2D eigenvalue weighted by Crippen LogP contribution is -2.44. The first-order valence-electron chi connectivity index (χ1n) is 14.4. The Kier molecular flexibility index (Phi) is 10.9. The van der Waals surface area contributed by atoms with E-state index in [1.54, 1.807) is 4.90 Å². The topological polar surface area (TPSA) is 94.6 Å². The van der Waals surface area contributed by atoms with Crippen molar-refractivity contribution in [2.75, 3.05) is 31.5 Å². The number of nitrogens with zero attached hydrogens (tertiary/aromatic N) is 3. The minimum Gasteiger partial charge on any atom is -0.353 e. The van der Waals surface area contributed by atoms with Gasteiger partial charge in [-0.05, 0) is 37.2 Å². The van der Waals surface area contributed by atoms with Crippen LogP contribution in [0.4, 0.5) is 5.13 Å². The van der Waals surface area contributed by atoms with E-state index < -0.39 is 0 Å². The Morgan fingerprint density at radius 1 is 1.03 bits per heavy atom. The quantitative estimate of drug-likeness (QED) is 0.428. The van der Waals surface area contributed by atoms with Gasteiger partial charge in [-0.2, -0.15) is 0 Å². The molecule has 1 aliphatic heterocycles. The number of nitrogens with one attached hydrogen (secondary N) is 2. The van der Waals surface area contributed by atoms with E-state index in [1.807, 2.05) is 11.4 Å². The van der Waals surface area contributed by atoms with Gasteiger partial charge in [0.2, 0.25) is 17.7 Å². The van der Waals surface area contributed by atoms with E-state index in [-0.39, 0.29) is 48.6 Å². The number of thiazole rings is 1. The highest BCUT2D eigenvalue weighted by Crippen LogP contribution is 2.26. The summed E-state index contributed by atoms with van der Waals surface area (Å²) in [6.07, 6.45) is 7.25. The fraction of sp³-hybridized carbons (Fsp3) is 0.600. The number of benzene rings is 1. The third-order valence-corrected chi connectivity index (χ3v) is 8.33. The molecular weight excluding hydrogens is 510 g/mol. The molecule has 0 radical (unpaired) electrons. The van der Waals surface area contributed by atoms with Crippen LogP contribution in [0.15, 0.2) is 35.7 Å². The van der Waals surface area contributed by atoms with Gasteiger partial charge in [0.1, 0.15) is 0 Å². The largest absolute Gasteiger partial charge is 0.353 e. The maximum absolute atomic E-state index is 13.1. The molecule has 2 aromatic rings. The highest BCUT2D eigenvalue weighted by atomic mass is 32.1. The van der Waals surface area contributed by atoms with Crippen LogP contribution in [0.5, 0.6) is 0 Å². The van der Waals surface area contributed by atoms with Gasteiger partial charge in [0, 0.05) is 43.5 Å². The van der Waals surface area contributed by atoms with Crippen LogP contribution >= 0.6 is 11.3 Å². The molecule has 0 atom stereocenters. The van der Waals surface area contributed by atoms with Crippen LogP contribution in [0.2, 0.25) is 0 Å². The standard InChI is InChI=1S/C30H43N5O3S/c1-22(2)18-35(29(38)24-11-7-4-8-12-24)20-28(37)33-30-32-26(21-39-30)17-27(36)31-25-13-15-34(16-14-25)19-23-9-5-3-6-10-23/h3,5-6,9-10,21-22,24-25H,4,7-8,11-20H2,1-2H3,(H,31,36)(H,32,33,37). The zero-order valence-electron chi connectivity index (χ0n) is 23.4. The lowest BCUT2D eigenvalue weighted by molar-refractivity contribution is -0.139. The number of piperidine rings is 1. The second kappa shape index (κ2) is 14.6. The minimum absolute atomic E-state index is 0.0336. The van der Waals surface area contributed by atoms with Gasteiger partial charge in [0.05, 0.1) is 18.7 Å². The number of likely N-dealkylation sites (tertiary alicyclic amines) is 1. The van der Waals surface area contributed by atoms with Gasteiger partial charge < -0.3 is 15.5 Å². The monoisotopic (exact) mass is 553 g/mol. The predicted molar refractivity (Wildman–Crippen MR) is 155 cm³/mol. The van der Waals surface area contributed by atoms with E-state index in [1.165, 1.54) is 23.3 Å². The molecule has 2 heterocycles. The van der Waals surface area contributed by atoms with Crippen molar-refractivity contribution in [1.82, 2.24) is 20.1 Å². The number of anilines is 1. The summed E-state index contributed by atoms with van der Waals surface area (Å²) < 4.78 is 0. The minimum atomic E-state index is -0.243. The number of hydrogen-bond donors (Lipinski definition) is 2. The number of hydrogen-bond acceptors (Lipinski definition) is 6. The zero-order chi connectivity index (χ0) is 27.6. The van der Waals surface area contributed by atoms with Crippen LogP contribution < -0.4 is 10.6 Å². The highest BCUT2D eigenvalue weighted by Gasteiger charge is 2.28. The number of carbonyl (C=O) groups excluding carboxylic acids is 3. The molecule has 0 unspecified atom stereocenters. The maximum atomic E-state index is 13.1. The second-order valence-electron chi connectivity index (χ2n) is 11.4. The summed E-state index contributed by atoms with van der Waals surface area (Å²) in [4.78, 5) is 47.2. The summed E-state index contributed by atoms with van der Waals surface area (Å²) in [6, 6.07) is 10.6. The molecule has 2 N–H and O–H groups in total. The Bertz CT molecular complexity index is 1080. The predicted octanol–water partition coefficient (Wildman–Crippen LogP) is 4.47. The Labute approximate surface area is 236 Å². The van der Waals surface area contributed by atoms with Crippen LogP contribution in [0.3, 0.4) is 0 Å². The van der Waals surface area contributed by atoms with Crippen molar-refractivity contribution in [3.8, 4) is 0 Å². The number of rotatable bonds is 11. The first-order chi connectivity index (χ1) is 18.9. The molecule has 1 saturated heterocycles. The Morgan fingerprint density at radius 3 is 2.44 bits per heavy atom. The molecule has 39 heavy (non-hydrogen) atoms. The van der Waals surface area contributed by atoms with Crippen LogP contribution in [-0.2, 0) is 27.3 Å². The Balaban J connectivity index is 1.20. The van der Waals surface area contributed by atoms with E-state index in [0.29, 0.717) is 17.4 Å². The van der Waals surface area contributed by atoms with Gasteiger partial charge in [0.15, 0.2) is 5.13 Å². The van der Waals surface area contributed by atoms with E-state index in [2.05, 4.69) is 58.6 Å². The molecule has 2 aliphatic rings. The van der Waals surface area contributed by atoms with Crippen molar-refractivity contribution in [2.24, 2.45) is 11.8 Å². The molecule has 1 aromatic heterocycles. The van der Waals surface area contributed by atoms with Gasteiger partial charge in [0.25, 0.3) is 0 Å². The summed E-state index contributed by atoms with van der Waals surface area (Å²) >= 11 is 1.31. The van der Waals surface area contributed by atoms with Crippen molar-refractivity contribution < 1.29 is 14.4 Å². The molecule has 4 rings (SSSR count). The summed E-state index contributed by atoms with van der Waals surface area (Å²) in [5.41, 5.74) is 1.96. The summed E-state index contributed by atoms with van der Waals surface area (Å²) in [5.74, 6) is 0.132.